The summed E-state index contributed by atoms with van der Waals surface area (Å²) in [6.07, 6.45) is -0.645. The van der Waals surface area contributed by atoms with E-state index in [4.69, 9.17) is 9.15 Å². The number of hydrogen-bond donors (Lipinski definition) is 1. The quantitative estimate of drug-likeness (QED) is 0.776. The van der Waals surface area contributed by atoms with Gasteiger partial charge in [-0.2, -0.15) is 0 Å². The average molecular weight is 410 g/mol. The van der Waals surface area contributed by atoms with Gasteiger partial charge >= 0.3 is 11.3 Å². The van der Waals surface area contributed by atoms with E-state index in [0.717, 1.165) is 5.56 Å². The molecule has 0 saturated carbocycles. The Morgan fingerprint density at radius 2 is 1.86 bits per heavy atom. The maximum atomic E-state index is 12.7. The van der Waals surface area contributed by atoms with Crippen molar-refractivity contribution in [3.63, 3.8) is 0 Å². The number of rotatable bonds is 6. The Morgan fingerprint density at radius 3 is 2.43 bits per heavy atom. The lowest BCUT2D eigenvalue weighted by molar-refractivity contribution is 0.0477. The van der Waals surface area contributed by atoms with E-state index in [1.165, 1.54) is 0 Å². The number of nitrogens with one attached hydrogen (secondary N) is 1. The normalized spacial score (nSPS) is 13.4. The van der Waals surface area contributed by atoms with Crippen LogP contribution in [0, 0.1) is 12.8 Å². The molecule has 9 heteroatoms. The fraction of sp³-hybridized carbons (Fsp3) is 0.526. The maximum Gasteiger partial charge on any atom is 0.408 e. The number of sulfone groups is 1. The molecule has 0 unspecified atom stereocenters. The second kappa shape index (κ2) is 8.30. The molecule has 0 bridgehead atoms. The number of carbonyl (C=O) groups is 1. The summed E-state index contributed by atoms with van der Waals surface area (Å²) < 4.78 is 36.0. The van der Waals surface area contributed by atoms with Crippen molar-refractivity contribution >= 4 is 15.9 Å². The van der Waals surface area contributed by atoms with Crippen molar-refractivity contribution in [1.29, 1.82) is 0 Å². The van der Waals surface area contributed by atoms with E-state index in [9.17, 15) is 13.2 Å². The van der Waals surface area contributed by atoms with Gasteiger partial charge in [-0.3, -0.25) is 0 Å². The highest BCUT2D eigenvalue weighted by Gasteiger charge is 2.30. The molecule has 0 aliphatic heterocycles. The molecular formula is C19H27N3O5S. The standard InChI is InChI=1S/C19H27N3O5S/c1-12(2)15(20-17(23)27-19(4,5)6)16-21-22-18(26-16)28(24,25)11-14-10-8-7-9-13(14)3/h7-10,12,15H,11H2,1-6H3,(H,20,23)/t15-/m1/s1. The lowest BCUT2D eigenvalue weighted by Crippen LogP contribution is -2.37. The highest BCUT2D eigenvalue weighted by Crippen LogP contribution is 2.24. The van der Waals surface area contributed by atoms with Gasteiger partial charge in [0.25, 0.3) is 0 Å². The van der Waals surface area contributed by atoms with Crippen LogP contribution in [0.4, 0.5) is 4.79 Å². The molecule has 2 rings (SSSR count). The summed E-state index contributed by atoms with van der Waals surface area (Å²) in [5.74, 6) is -0.350. The van der Waals surface area contributed by atoms with Crippen LogP contribution >= 0.6 is 0 Å². The Labute approximate surface area is 165 Å². The molecule has 0 aliphatic rings. The first-order valence-electron chi connectivity index (χ1n) is 8.99. The second-order valence-electron chi connectivity index (χ2n) is 7.96. The third-order valence-corrected chi connectivity index (χ3v) is 5.29. The van der Waals surface area contributed by atoms with E-state index >= 15 is 0 Å². The summed E-state index contributed by atoms with van der Waals surface area (Å²) in [6.45, 7) is 10.8. The van der Waals surface area contributed by atoms with E-state index in [-0.39, 0.29) is 17.6 Å². The lowest BCUT2D eigenvalue weighted by atomic mass is 10.1. The third-order valence-electron chi connectivity index (χ3n) is 3.90. The number of hydrogen-bond acceptors (Lipinski definition) is 7. The van der Waals surface area contributed by atoms with Gasteiger partial charge in [0.2, 0.25) is 15.7 Å². The number of nitrogens with zero attached hydrogens (tertiary/aromatic N) is 2. The van der Waals surface area contributed by atoms with Crippen molar-refractivity contribution in [2.24, 2.45) is 5.92 Å². The molecule has 1 amide bonds. The molecule has 1 aromatic heterocycles. The topological polar surface area (TPSA) is 111 Å². The minimum absolute atomic E-state index is 0.0178. The largest absolute Gasteiger partial charge is 0.444 e. The number of alkyl carbamates (subject to hydrolysis) is 1. The predicted octanol–water partition coefficient (Wildman–Crippen LogP) is 3.57. The molecule has 0 fully saturated rings. The molecule has 0 aliphatic carbocycles. The van der Waals surface area contributed by atoms with E-state index < -0.39 is 32.8 Å². The van der Waals surface area contributed by atoms with E-state index in [1.54, 1.807) is 32.9 Å². The molecule has 2 aromatic rings. The van der Waals surface area contributed by atoms with Gasteiger partial charge in [-0.15, -0.1) is 5.10 Å². The maximum absolute atomic E-state index is 12.7. The molecule has 8 nitrogen and oxygen atoms in total. The zero-order chi connectivity index (χ0) is 21.1. The zero-order valence-corrected chi connectivity index (χ0v) is 17.8. The van der Waals surface area contributed by atoms with Crippen LogP contribution in [0.3, 0.4) is 0 Å². The summed E-state index contributed by atoms with van der Waals surface area (Å²) in [5.41, 5.74) is 0.856. The van der Waals surface area contributed by atoms with Gasteiger partial charge in [-0.05, 0) is 44.7 Å². The van der Waals surface area contributed by atoms with Crippen LogP contribution in [-0.4, -0.2) is 30.3 Å². The summed E-state index contributed by atoms with van der Waals surface area (Å²) in [5, 5.41) is 9.74. The van der Waals surface area contributed by atoms with Gasteiger partial charge in [-0.1, -0.05) is 43.2 Å². The van der Waals surface area contributed by atoms with Crippen molar-refractivity contribution < 1.29 is 22.4 Å². The van der Waals surface area contributed by atoms with E-state index in [0.29, 0.717) is 5.56 Å². The van der Waals surface area contributed by atoms with Gasteiger partial charge in [0.05, 0.1) is 5.75 Å². The van der Waals surface area contributed by atoms with Gasteiger partial charge in [-0.25, -0.2) is 13.2 Å². The molecule has 1 heterocycles. The minimum atomic E-state index is -3.82. The number of amides is 1. The van der Waals surface area contributed by atoms with Gasteiger partial charge < -0.3 is 14.5 Å². The monoisotopic (exact) mass is 409 g/mol. The average Bonchev–Trinajstić information content (AvgIpc) is 3.03. The molecule has 0 radical (unpaired) electrons. The van der Waals surface area contributed by atoms with Crippen LogP contribution in [0.15, 0.2) is 33.9 Å². The number of benzene rings is 1. The van der Waals surface area contributed by atoms with E-state index in [1.807, 2.05) is 32.9 Å². The first-order valence-corrected chi connectivity index (χ1v) is 10.6. The minimum Gasteiger partial charge on any atom is -0.444 e. The first kappa shape index (κ1) is 21.9. The van der Waals surface area contributed by atoms with Gasteiger partial charge in [0.15, 0.2) is 0 Å². The number of carbonyl (C=O) groups excluding carboxylic acids is 1. The fourth-order valence-corrected chi connectivity index (χ4v) is 3.69. The molecule has 154 valence electrons. The summed E-state index contributed by atoms with van der Waals surface area (Å²) in [4.78, 5) is 12.1. The van der Waals surface area contributed by atoms with Crippen molar-refractivity contribution in [2.75, 3.05) is 0 Å². The summed E-state index contributed by atoms with van der Waals surface area (Å²) >= 11 is 0. The molecule has 1 aromatic carbocycles. The Bertz CT molecular complexity index is 929. The first-order chi connectivity index (χ1) is 12.9. The van der Waals surface area contributed by atoms with Crippen LogP contribution in [0.2, 0.25) is 0 Å². The Hall–Kier alpha value is -2.42. The Morgan fingerprint density at radius 1 is 1.21 bits per heavy atom. The van der Waals surface area contributed by atoms with Crippen LogP contribution in [-0.2, 0) is 20.3 Å². The molecule has 0 spiro atoms. The van der Waals surface area contributed by atoms with Crippen molar-refractivity contribution in [2.45, 2.75) is 64.2 Å². The van der Waals surface area contributed by atoms with Crippen molar-refractivity contribution in [3.05, 3.63) is 41.3 Å². The second-order valence-corrected chi connectivity index (χ2v) is 9.83. The highest BCUT2D eigenvalue weighted by atomic mass is 32.2. The number of ether oxygens (including phenoxy) is 1. The van der Waals surface area contributed by atoms with Crippen molar-refractivity contribution in [3.8, 4) is 0 Å². The van der Waals surface area contributed by atoms with Crippen LogP contribution in [0.1, 0.15) is 57.7 Å². The summed E-state index contributed by atoms with van der Waals surface area (Å²) in [7, 11) is -3.82. The zero-order valence-electron chi connectivity index (χ0n) is 17.0. The lowest BCUT2D eigenvalue weighted by Gasteiger charge is -2.23. The van der Waals surface area contributed by atoms with Crippen LogP contribution in [0.25, 0.3) is 0 Å². The third kappa shape index (κ3) is 5.79. The number of aromatic nitrogens is 2. The summed E-state index contributed by atoms with van der Waals surface area (Å²) in [6, 6.07) is 6.52. The fourth-order valence-electron chi connectivity index (χ4n) is 2.46. The van der Waals surface area contributed by atoms with Crippen LogP contribution in [0.5, 0.6) is 0 Å². The molecular weight excluding hydrogens is 382 g/mol. The predicted molar refractivity (Wildman–Crippen MR) is 103 cm³/mol. The number of aryl methyl sites for hydroxylation is 1. The Kier molecular flexibility index (Phi) is 6.48. The van der Waals surface area contributed by atoms with Crippen LogP contribution < -0.4 is 5.32 Å². The van der Waals surface area contributed by atoms with Crippen molar-refractivity contribution in [1.82, 2.24) is 15.5 Å². The molecule has 28 heavy (non-hydrogen) atoms. The molecule has 1 N–H and O–H groups in total. The van der Waals surface area contributed by atoms with E-state index in [2.05, 4.69) is 15.5 Å². The molecule has 0 saturated heterocycles. The molecule has 1 atom stereocenters. The van der Waals surface area contributed by atoms with Gasteiger partial charge in [0.1, 0.15) is 11.6 Å². The SMILES string of the molecule is Cc1ccccc1CS(=O)(=O)c1nnc([C@H](NC(=O)OC(C)(C)C)C(C)C)o1. The Balaban J connectivity index is 2.22. The van der Waals surface area contributed by atoms with Gasteiger partial charge in [0, 0.05) is 0 Å². The highest BCUT2D eigenvalue weighted by molar-refractivity contribution is 7.90. The smallest absolute Gasteiger partial charge is 0.408 e.